The monoisotopic (exact) mass is 513 g/mol. The van der Waals surface area contributed by atoms with Crippen LogP contribution >= 0.6 is 0 Å². The first-order valence-electron chi connectivity index (χ1n) is 11.1. The minimum atomic E-state index is -2.44. The van der Waals surface area contributed by atoms with Gasteiger partial charge in [0.2, 0.25) is 0 Å². The zero-order valence-electron chi connectivity index (χ0n) is 19.0. The van der Waals surface area contributed by atoms with Gasteiger partial charge in [0.1, 0.15) is 11.3 Å². The molecule has 0 spiro atoms. The van der Waals surface area contributed by atoms with Gasteiger partial charge in [-0.25, -0.2) is 9.78 Å². The first-order chi connectivity index (χ1) is 17.3. The number of nitro benzene ring substituents is 1. The first-order valence-corrected chi connectivity index (χ1v) is 12.1. The molecule has 2 aromatic carbocycles. The highest BCUT2D eigenvalue weighted by Gasteiger charge is 2.18. The molecule has 0 aliphatic carbocycles. The van der Waals surface area contributed by atoms with Crippen molar-refractivity contribution >= 4 is 28.2 Å². The molecule has 0 aliphatic heterocycles. The lowest BCUT2D eigenvalue weighted by molar-refractivity contribution is -0.384. The normalized spacial score (nSPS) is 12.1. The summed E-state index contributed by atoms with van der Waals surface area (Å²) in [6.45, 7) is 0.0493. The van der Waals surface area contributed by atoms with E-state index < -0.39 is 27.5 Å². The highest BCUT2D eigenvalue weighted by molar-refractivity contribution is 7.74. The van der Waals surface area contributed by atoms with Crippen molar-refractivity contribution in [2.24, 2.45) is 0 Å². The molecule has 1 atom stereocenters. The number of nitrogens with zero attached hydrogens (tertiary/aromatic N) is 4. The van der Waals surface area contributed by atoms with Crippen LogP contribution in [0.25, 0.3) is 11.2 Å². The third-order valence-electron chi connectivity index (χ3n) is 5.61. The molecule has 4 rings (SSSR count). The topological polar surface area (TPSA) is 162 Å². The van der Waals surface area contributed by atoms with Gasteiger partial charge in [0.25, 0.3) is 11.2 Å². The second-order valence-corrected chi connectivity index (χ2v) is 8.67. The molecule has 2 aromatic heterocycles. The first kappa shape index (κ1) is 25.2. The molecular formula is C23H23N5O7S. The number of nitrogens with one attached hydrogen (secondary N) is 1. The molecule has 0 bridgehead atoms. The average molecular weight is 514 g/mol. The Morgan fingerprint density at radius 3 is 2.42 bits per heavy atom. The Hall–Kier alpha value is -3.94. The number of fused-ring (bicyclic) bond motifs is 1. The van der Waals surface area contributed by atoms with E-state index >= 15 is 0 Å². The largest absolute Gasteiger partial charge is 0.336 e. The Morgan fingerprint density at radius 1 is 1.03 bits per heavy atom. The van der Waals surface area contributed by atoms with Gasteiger partial charge in [-0.15, -0.1) is 0 Å². The number of rotatable bonds is 11. The molecule has 0 saturated heterocycles. The van der Waals surface area contributed by atoms with Gasteiger partial charge in [-0.05, 0) is 24.0 Å². The molecule has 0 saturated carbocycles. The Kier molecular flexibility index (Phi) is 7.83. The fraction of sp³-hybridized carbons (Fsp3) is 0.261. The smallest absolute Gasteiger partial charge is 0.332 e. The third-order valence-corrected chi connectivity index (χ3v) is 5.97. The molecule has 12 nitrogen and oxygen atoms in total. The summed E-state index contributed by atoms with van der Waals surface area (Å²) >= 11 is -2.44. The van der Waals surface area contributed by atoms with Crippen LogP contribution in [0, 0.1) is 10.1 Å². The van der Waals surface area contributed by atoms with Crippen molar-refractivity contribution in [2.45, 2.75) is 32.4 Å². The highest BCUT2D eigenvalue weighted by atomic mass is 32.2. The van der Waals surface area contributed by atoms with E-state index in [1.807, 2.05) is 30.3 Å². The molecule has 36 heavy (non-hydrogen) atoms. The SMILES string of the molecule is O=c1c2[nH]c(Cc3ccccc3)nc2n(CCc2ccc([N+](=O)[O-])cc2)c(=O)n1CCCOS(=O)O. The van der Waals surface area contributed by atoms with Crippen LogP contribution in [0.15, 0.2) is 64.2 Å². The summed E-state index contributed by atoms with van der Waals surface area (Å²) in [5.74, 6) is 0.522. The van der Waals surface area contributed by atoms with Crippen molar-refractivity contribution in [3.8, 4) is 0 Å². The van der Waals surface area contributed by atoms with Gasteiger partial charge in [-0.1, -0.05) is 42.5 Å². The number of hydrogen-bond donors (Lipinski definition) is 2. The fourth-order valence-electron chi connectivity index (χ4n) is 3.86. The maximum absolute atomic E-state index is 13.3. The quantitative estimate of drug-likeness (QED) is 0.133. The van der Waals surface area contributed by atoms with Gasteiger partial charge in [0, 0.05) is 31.6 Å². The van der Waals surface area contributed by atoms with Crippen LogP contribution in [0.2, 0.25) is 0 Å². The average Bonchev–Trinajstić information content (AvgIpc) is 3.27. The number of aromatic nitrogens is 4. The predicted molar refractivity (Wildman–Crippen MR) is 132 cm³/mol. The number of aromatic amines is 1. The van der Waals surface area contributed by atoms with E-state index in [9.17, 15) is 23.9 Å². The number of H-pyrrole nitrogens is 1. The molecular weight excluding hydrogens is 490 g/mol. The molecule has 2 heterocycles. The summed E-state index contributed by atoms with van der Waals surface area (Å²) in [6, 6.07) is 15.6. The van der Waals surface area contributed by atoms with Crippen LogP contribution in [0.3, 0.4) is 0 Å². The predicted octanol–water partition coefficient (Wildman–Crippen LogP) is 2.17. The van der Waals surface area contributed by atoms with E-state index in [0.717, 1.165) is 15.7 Å². The lowest BCUT2D eigenvalue weighted by Crippen LogP contribution is -2.40. The molecule has 188 valence electrons. The highest BCUT2D eigenvalue weighted by Crippen LogP contribution is 2.14. The van der Waals surface area contributed by atoms with E-state index in [4.69, 9.17) is 4.55 Å². The van der Waals surface area contributed by atoms with Crippen LogP contribution in [0.1, 0.15) is 23.4 Å². The van der Waals surface area contributed by atoms with Gasteiger partial charge in [0.15, 0.2) is 5.65 Å². The molecule has 2 N–H and O–H groups in total. The van der Waals surface area contributed by atoms with Crippen molar-refractivity contribution in [3.05, 3.63) is 103 Å². The second-order valence-electron chi connectivity index (χ2n) is 8.00. The third kappa shape index (κ3) is 5.82. The van der Waals surface area contributed by atoms with Gasteiger partial charge >= 0.3 is 17.1 Å². The minimum absolute atomic E-state index is 0.0185. The molecule has 0 aliphatic rings. The van der Waals surface area contributed by atoms with Gasteiger partial charge < -0.3 is 4.98 Å². The van der Waals surface area contributed by atoms with E-state index in [1.165, 1.54) is 16.7 Å². The van der Waals surface area contributed by atoms with E-state index in [1.54, 1.807) is 12.1 Å². The van der Waals surface area contributed by atoms with Crippen LogP contribution in [0.5, 0.6) is 0 Å². The van der Waals surface area contributed by atoms with Gasteiger partial charge in [-0.2, -0.15) is 4.21 Å². The van der Waals surface area contributed by atoms with Crippen molar-refractivity contribution in [2.75, 3.05) is 6.61 Å². The standard InChI is InChI=1S/C23H23N5O7S/c29-22-20-21(25-19(24-20)15-17-5-2-1-3-6-17)26(23(30)27(22)12-4-14-35-36(33)34)13-11-16-7-9-18(10-8-16)28(31)32/h1-3,5-10H,4,11-15H2,(H,24,25)(H,33,34). The van der Waals surface area contributed by atoms with Crippen molar-refractivity contribution in [3.63, 3.8) is 0 Å². The molecule has 4 aromatic rings. The summed E-state index contributed by atoms with van der Waals surface area (Å²) < 4.78 is 26.5. The van der Waals surface area contributed by atoms with Crippen LogP contribution < -0.4 is 11.2 Å². The zero-order chi connectivity index (χ0) is 25.7. The Morgan fingerprint density at radius 2 is 1.75 bits per heavy atom. The van der Waals surface area contributed by atoms with Crippen molar-refractivity contribution < 1.29 is 17.9 Å². The molecule has 13 heteroatoms. The summed E-state index contributed by atoms with van der Waals surface area (Å²) in [7, 11) is 0. The molecule has 0 amide bonds. The van der Waals surface area contributed by atoms with E-state index in [2.05, 4.69) is 14.2 Å². The Balaban J connectivity index is 1.69. The van der Waals surface area contributed by atoms with E-state index in [-0.39, 0.29) is 43.0 Å². The van der Waals surface area contributed by atoms with Crippen LogP contribution in [0.4, 0.5) is 5.69 Å². The number of non-ortho nitro benzene ring substituents is 1. The van der Waals surface area contributed by atoms with Gasteiger partial charge in [-0.3, -0.25) is 32.8 Å². The molecule has 1 unspecified atom stereocenters. The zero-order valence-corrected chi connectivity index (χ0v) is 19.8. The summed E-state index contributed by atoms with van der Waals surface area (Å²) in [4.78, 5) is 44.4. The summed E-state index contributed by atoms with van der Waals surface area (Å²) in [5.41, 5.74) is 1.01. The Bertz CT molecular complexity index is 1510. The van der Waals surface area contributed by atoms with Crippen LogP contribution in [-0.2, 0) is 41.5 Å². The number of benzene rings is 2. The maximum atomic E-state index is 13.3. The van der Waals surface area contributed by atoms with Crippen LogP contribution in [-0.4, -0.2) is 39.4 Å². The number of aryl methyl sites for hydroxylation is 2. The van der Waals surface area contributed by atoms with E-state index in [0.29, 0.717) is 18.7 Å². The molecule has 0 fully saturated rings. The second kappa shape index (κ2) is 11.2. The molecule has 0 radical (unpaired) electrons. The fourth-order valence-corrected chi connectivity index (χ4v) is 4.12. The Labute approximate surface area is 206 Å². The van der Waals surface area contributed by atoms with Crippen molar-refractivity contribution in [1.82, 2.24) is 19.1 Å². The lowest BCUT2D eigenvalue weighted by Gasteiger charge is -2.11. The number of imidazole rings is 1. The van der Waals surface area contributed by atoms with Gasteiger partial charge in [0.05, 0.1) is 11.5 Å². The lowest BCUT2D eigenvalue weighted by atomic mass is 10.1. The number of nitro groups is 1. The number of hydrogen-bond acceptors (Lipinski definition) is 7. The maximum Gasteiger partial charge on any atom is 0.332 e. The summed E-state index contributed by atoms with van der Waals surface area (Å²) in [6.07, 6.45) is 0.973. The minimum Gasteiger partial charge on any atom is -0.336 e. The summed E-state index contributed by atoms with van der Waals surface area (Å²) in [5, 5.41) is 10.9. The van der Waals surface area contributed by atoms with Crippen molar-refractivity contribution in [1.29, 1.82) is 0 Å².